The van der Waals surface area contributed by atoms with Crippen molar-refractivity contribution in [2.75, 3.05) is 19.6 Å². The molecule has 0 saturated carbocycles. The third-order valence-corrected chi connectivity index (χ3v) is 2.23. The van der Waals surface area contributed by atoms with Gasteiger partial charge in [0, 0.05) is 26.1 Å². The first kappa shape index (κ1) is 11.0. The SMILES string of the molecule is CCCNC(=O)CCN1CC(N)C1=O. The number of likely N-dealkylation sites (tertiary alicyclic amines) is 1. The van der Waals surface area contributed by atoms with Gasteiger partial charge in [0.25, 0.3) is 0 Å². The lowest BCUT2D eigenvalue weighted by atomic mass is 10.1. The molecule has 80 valence electrons. The molecular weight excluding hydrogens is 182 g/mol. The molecule has 0 spiro atoms. The second-order valence-corrected chi connectivity index (χ2v) is 3.49. The number of hydrogen-bond acceptors (Lipinski definition) is 3. The molecule has 2 amide bonds. The predicted octanol–water partition coefficient (Wildman–Crippen LogP) is -0.928. The van der Waals surface area contributed by atoms with Gasteiger partial charge in [-0.15, -0.1) is 0 Å². The highest BCUT2D eigenvalue weighted by Gasteiger charge is 2.32. The number of β-lactam (4-membered cyclic amide) rings is 1. The summed E-state index contributed by atoms with van der Waals surface area (Å²) in [7, 11) is 0. The van der Waals surface area contributed by atoms with E-state index in [1.54, 1.807) is 4.90 Å². The third kappa shape index (κ3) is 2.70. The van der Waals surface area contributed by atoms with Crippen LogP contribution in [0.4, 0.5) is 0 Å². The summed E-state index contributed by atoms with van der Waals surface area (Å²) >= 11 is 0. The van der Waals surface area contributed by atoms with Gasteiger partial charge in [-0.25, -0.2) is 0 Å². The number of rotatable bonds is 5. The molecular formula is C9H17N3O2. The average molecular weight is 199 g/mol. The summed E-state index contributed by atoms with van der Waals surface area (Å²) in [5, 5.41) is 2.75. The monoisotopic (exact) mass is 199 g/mol. The summed E-state index contributed by atoms with van der Waals surface area (Å²) in [5.74, 6) is -0.0478. The summed E-state index contributed by atoms with van der Waals surface area (Å²) in [6.45, 7) is 3.77. The molecule has 5 nitrogen and oxygen atoms in total. The number of carbonyl (C=O) groups is 2. The van der Waals surface area contributed by atoms with E-state index in [-0.39, 0.29) is 17.9 Å². The van der Waals surface area contributed by atoms with E-state index in [0.29, 0.717) is 26.1 Å². The van der Waals surface area contributed by atoms with Gasteiger partial charge in [0.2, 0.25) is 11.8 Å². The van der Waals surface area contributed by atoms with Crippen molar-refractivity contribution in [1.29, 1.82) is 0 Å². The molecule has 1 aliphatic heterocycles. The van der Waals surface area contributed by atoms with Gasteiger partial charge in [0.05, 0.1) is 0 Å². The van der Waals surface area contributed by atoms with Crippen LogP contribution in [0.25, 0.3) is 0 Å². The number of carbonyl (C=O) groups excluding carboxylic acids is 2. The fraction of sp³-hybridized carbons (Fsp3) is 0.778. The lowest BCUT2D eigenvalue weighted by molar-refractivity contribution is -0.142. The largest absolute Gasteiger partial charge is 0.356 e. The van der Waals surface area contributed by atoms with Crippen molar-refractivity contribution in [2.24, 2.45) is 5.73 Å². The lowest BCUT2D eigenvalue weighted by Crippen LogP contribution is -2.61. The molecule has 5 heteroatoms. The molecule has 0 aromatic carbocycles. The standard InChI is InChI=1S/C9H17N3O2/c1-2-4-11-8(13)3-5-12-6-7(10)9(12)14/h7H,2-6,10H2,1H3,(H,11,13). The summed E-state index contributed by atoms with van der Waals surface area (Å²) in [6, 6.07) is -0.339. The Hall–Kier alpha value is -1.10. The number of amides is 2. The minimum atomic E-state index is -0.339. The summed E-state index contributed by atoms with van der Waals surface area (Å²) in [5.41, 5.74) is 5.41. The van der Waals surface area contributed by atoms with Crippen molar-refractivity contribution < 1.29 is 9.59 Å². The Labute approximate surface area is 83.6 Å². The molecule has 1 unspecified atom stereocenters. The number of nitrogens with zero attached hydrogens (tertiary/aromatic N) is 1. The van der Waals surface area contributed by atoms with Crippen molar-refractivity contribution in [3.63, 3.8) is 0 Å². The zero-order valence-electron chi connectivity index (χ0n) is 8.45. The van der Waals surface area contributed by atoms with E-state index in [1.807, 2.05) is 6.92 Å². The number of nitrogens with two attached hydrogens (primary N) is 1. The summed E-state index contributed by atoms with van der Waals surface area (Å²) < 4.78 is 0. The van der Waals surface area contributed by atoms with Crippen LogP contribution < -0.4 is 11.1 Å². The van der Waals surface area contributed by atoms with E-state index in [1.165, 1.54) is 0 Å². The van der Waals surface area contributed by atoms with Crippen LogP contribution in [-0.4, -0.2) is 42.4 Å². The van der Waals surface area contributed by atoms with Gasteiger partial charge in [-0.3, -0.25) is 9.59 Å². The van der Waals surface area contributed by atoms with Gasteiger partial charge < -0.3 is 16.0 Å². The van der Waals surface area contributed by atoms with E-state index < -0.39 is 0 Å². The Morgan fingerprint density at radius 2 is 2.43 bits per heavy atom. The molecule has 1 fully saturated rings. The van der Waals surface area contributed by atoms with E-state index in [0.717, 1.165) is 6.42 Å². The summed E-state index contributed by atoms with van der Waals surface area (Å²) in [6.07, 6.45) is 1.30. The molecule has 1 atom stereocenters. The fourth-order valence-corrected chi connectivity index (χ4v) is 1.32. The Morgan fingerprint density at radius 3 is 2.93 bits per heavy atom. The van der Waals surface area contributed by atoms with E-state index >= 15 is 0 Å². The van der Waals surface area contributed by atoms with Crippen LogP contribution in [0, 0.1) is 0 Å². The lowest BCUT2D eigenvalue weighted by Gasteiger charge is -2.35. The van der Waals surface area contributed by atoms with Crippen molar-refractivity contribution in [3.8, 4) is 0 Å². The van der Waals surface area contributed by atoms with Gasteiger partial charge in [0.1, 0.15) is 6.04 Å². The number of hydrogen-bond donors (Lipinski definition) is 2. The summed E-state index contributed by atoms with van der Waals surface area (Å²) in [4.78, 5) is 23.8. The fourth-order valence-electron chi connectivity index (χ4n) is 1.32. The molecule has 1 aliphatic rings. The molecule has 3 N–H and O–H groups in total. The first-order chi connectivity index (χ1) is 6.65. The predicted molar refractivity (Wildman–Crippen MR) is 52.5 cm³/mol. The second-order valence-electron chi connectivity index (χ2n) is 3.49. The maximum absolute atomic E-state index is 11.2. The first-order valence-corrected chi connectivity index (χ1v) is 4.96. The van der Waals surface area contributed by atoms with Crippen LogP contribution in [0.15, 0.2) is 0 Å². The maximum Gasteiger partial charge on any atom is 0.241 e. The molecule has 1 saturated heterocycles. The third-order valence-electron chi connectivity index (χ3n) is 2.23. The molecule has 1 heterocycles. The quantitative estimate of drug-likeness (QED) is 0.562. The van der Waals surface area contributed by atoms with Gasteiger partial charge in [0.15, 0.2) is 0 Å². The van der Waals surface area contributed by atoms with Crippen molar-refractivity contribution in [1.82, 2.24) is 10.2 Å². The normalized spacial score (nSPS) is 20.6. The van der Waals surface area contributed by atoms with Gasteiger partial charge in [-0.05, 0) is 6.42 Å². The van der Waals surface area contributed by atoms with Gasteiger partial charge in [-0.2, -0.15) is 0 Å². The Morgan fingerprint density at radius 1 is 1.71 bits per heavy atom. The number of nitrogens with one attached hydrogen (secondary N) is 1. The Balaban J connectivity index is 2.09. The van der Waals surface area contributed by atoms with Crippen molar-refractivity contribution in [3.05, 3.63) is 0 Å². The highest BCUT2D eigenvalue weighted by molar-refractivity contribution is 5.88. The van der Waals surface area contributed by atoms with Gasteiger partial charge in [-0.1, -0.05) is 6.92 Å². The van der Waals surface area contributed by atoms with E-state index in [2.05, 4.69) is 5.32 Å². The molecule has 0 aromatic rings. The minimum Gasteiger partial charge on any atom is -0.356 e. The highest BCUT2D eigenvalue weighted by Crippen LogP contribution is 2.07. The van der Waals surface area contributed by atoms with Crippen LogP contribution in [0.2, 0.25) is 0 Å². The van der Waals surface area contributed by atoms with Crippen LogP contribution in [-0.2, 0) is 9.59 Å². The highest BCUT2D eigenvalue weighted by atomic mass is 16.2. The molecule has 0 bridgehead atoms. The second kappa shape index (κ2) is 4.95. The molecule has 0 aromatic heterocycles. The van der Waals surface area contributed by atoms with Crippen LogP contribution >= 0.6 is 0 Å². The Kier molecular flexibility index (Phi) is 3.88. The van der Waals surface area contributed by atoms with Crippen LogP contribution in [0.5, 0.6) is 0 Å². The molecule has 0 aliphatic carbocycles. The van der Waals surface area contributed by atoms with Crippen molar-refractivity contribution in [2.45, 2.75) is 25.8 Å². The van der Waals surface area contributed by atoms with Crippen LogP contribution in [0.1, 0.15) is 19.8 Å². The van der Waals surface area contributed by atoms with Gasteiger partial charge >= 0.3 is 0 Å². The van der Waals surface area contributed by atoms with E-state index in [4.69, 9.17) is 5.73 Å². The topological polar surface area (TPSA) is 75.4 Å². The zero-order chi connectivity index (χ0) is 10.6. The molecule has 14 heavy (non-hydrogen) atoms. The average Bonchev–Trinajstić information content (AvgIpc) is 2.20. The molecule has 1 rings (SSSR count). The van der Waals surface area contributed by atoms with Crippen molar-refractivity contribution >= 4 is 11.8 Å². The maximum atomic E-state index is 11.2. The smallest absolute Gasteiger partial charge is 0.241 e. The Bertz CT molecular complexity index is 230. The van der Waals surface area contributed by atoms with Crippen LogP contribution in [0.3, 0.4) is 0 Å². The first-order valence-electron chi connectivity index (χ1n) is 4.96. The minimum absolute atomic E-state index is 0.000112. The zero-order valence-corrected chi connectivity index (χ0v) is 8.45. The molecule has 0 radical (unpaired) electrons. The van der Waals surface area contributed by atoms with E-state index in [9.17, 15) is 9.59 Å².